The quantitative estimate of drug-likeness (QED) is 0.816. The molecule has 0 radical (unpaired) electrons. The molecular weight excluding hydrogens is 250 g/mol. The van der Waals surface area contributed by atoms with E-state index in [1.165, 1.54) is 0 Å². The maximum Gasteiger partial charge on any atom is 0.218 e. The van der Waals surface area contributed by atoms with Gasteiger partial charge in [0.1, 0.15) is 0 Å². The summed E-state index contributed by atoms with van der Waals surface area (Å²) in [5.74, 6) is 0.0774. The molecule has 0 saturated carbocycles. The lowest BCUT2D eigenvalue weighted by Crippen LogP contribution is -2.38. The first-order chi connectivity index (χ1) is 8.63. The highest BCUT2D eigenvalue weighted by Gasteiger charge is 2.33. The van der Waals surface area contributed by atoms with E-state index in [0.29, 0.717) is 13.2 Å². The summed E-state index contributed by atoms with van der Waals surface area (Å²) in [6, 6.07) is 9.31. The minimum Gasteiger partial charge on any atom is -0.383 e. The molecule has 0 bridgehead atoms. The van der Waals surface area contributed by atoms with E-state index < -0.39 is 10.0 Å². The van der Waals surface area contributed by atoms with Crippen LogP contribution in [0.4, 0.5) is 0 Å². The van der Waals surface area contributed by atoms with E-state index in [1.807, 2.05) is 30.3 Å². The number of hydrogen-bond donors (Lipinski definition) is 0. The number of sulfonamides is 1. The summed E-state index contributed by atoms with van der Waals surface area (Å²) < 4.78 is 31.4. The van der Waals surface area contributed by atoms with Crippen LogP contribution in [0.3, 0.4) is 0 Å². The Bertz CT molecular complexity index is 472. The molecule has 1 aromatic carbocycles. The van der Waals surface area contributed by atoms with Gasteiger partial charge in [-0.3, -0.25) is 0 Å². The second-order valence-corrected chi connectivity index (χ2v) is 6.53. The zero-order valence-corrected chi connectivity index (χ0v) is 11.4. The highest BCUT2D eigenvalue weighted by Crippen LogP contribution is 2.23. The molecule has 1 saturated heterocycles. The van der Waals surface area contributed by atoms with Crippen LogP contribution in [0.5, 0.6) is 0 Å². The van der Waals surface area contributed by atoms with Crippen LogP contribution < -0.4 is 0 Å². The molecule has 0 spiro atoms. The highest BCUT2D eigenvalue weighted by atomic mass is 32.2. The molecule has 0 aliphatic carbocycles. The number of rotatable bonds is 5. The van der Waals surface area contributed by atoms with Crippen LogP contribution in [-0.2, 0) is 20.5 Å². The van der Waals surface area contributed by atoms with E-state index in [1.54, 1.807) is 11.4 Å². The van der Waals surface area contributed by atoms with Crippen molar-refractivity contribution in [3.05, 3.63) is 35.9 Å². The minimum absolute atomic E-state index is 0.00344. The molecule has 1 aliphatic heterocycles. The Morgan fingerprint density at radius 3 is 2.72 bits per heavy atom. The molecule has 18 heavy (non-hydrogen) atoms. The van der Waals surface area contributed by atoms with Gasteiger partial charge in [0.25, 0.3) is 0 Å². The topological polar surface area (TPSA) is 46.6 Å². The lowest BCUT2D eigenvalue weighted by molar-refractivity contribution is 0.149. The molecule has 0 unspecified atom stereocenters. The van der Waals surface area contributed by atoms with E-state index >= 15 is 0 Å². The summed E-state index contributed by atoms with van der Waals surface area (Å²) in [7, 11) is -1.62. The third-order valence-corrected chi connectivity index (χ3v) is 5.12. The van der Waals surface area contributed by atoms with Gasteiger partial charge in [-0.2, -0.15) is 4.31 Å². The Morgan fingerprint density at radius 1 is 1.33 bits per heavy atom. The van der Waals surface area contributed by atoms with Gasteiger partial charge >= 0.3 is 0 Å². The van der Waals surface area contributed by atoms with Gasteiger partial charge in [0.15, 0.2) is 0 Å². The summed E-state index contributed by atoms with van der Waals surface area (Å²) in [4.78, 5) is 0. The van der Waals surface area contributed by atoms with Gasteiger partial charge < -0.3 is 4.74 Å². The molecule has 1 heterocycles. The fraction of sp³-hybridized carbons (Fsp3) is 0.538. The summed E-state index contributed by atoms with van der Waals surface area (Å²) >= 11 is 0. The summed E-state index contributed by atoms with van der Waals surface area (Å²) in [6.45, 7) is 1.09. The molecule has 0 aromatic heterocycles. The van der Waals surface area contributed by atoms with Gasteiger partial charge in [-0.15, -0.1) is 0 Å². The molecule has 100 valence electrons. The Kier molecular flexibility index (Phi) is 4.37. The molecular formula is C13H19NO3S. The predicted octanol–water partition coefficient (Wildman–Crippen LogP) is 1.63. The third kappa shape index (κ3) is 3.10. The van der Waals surface area contributed by atoms with E-state index in [0.717, 1.165) is 18.4 Å². The van der Waals surface area contributed by atoms with Crippen LogP contribution in [0.2, 0.25) is 0 Å². The van der Waals surface area contributed by atoms with Crippen molar-refractivity contribution in [1.82, 2.24) is 4.31 Å². The molecule has 1 fully saturated rings. The number of nitrogens with zero attached hydrogens (tertiary/aromatic N) is 1. The molecule has 0 amide bonds. The van der Waals surface area contributed by atoms with Crippen LogP contribution in [0.25, 0.3) is 0 Å². The Morgan fingerprint density at radius 2 is 2.06 bits per heavy atom. The van der Waals surface area contributed by atoms with Crippen molar-refractivity contribution < 1.29 is 13.2 Å². The molecule has 5 heteroatoms. The smallest absolute Gasteiger partial charge is 0.218 e. The lowest BCUT2D eigenvalue weighted by Gasteiger charge is -2.23. The first kappa shape index (κ1) is 13.5. The first-order valence-electron chi connectivity index (χ1n) is 6.16. The summed E-state index contributed by atoms with van der Waals surface area (Å²) in [5.41, 5.74) is 0.834. The minimum atomic E-state index is -3.23. The van der Waals surface area contributed by atoms with Gasteiger partial charge in [-0.1, -0.05) is 30.3 Å². The van der Waals surface area contributed by atoms with Gasteiger partial charge in [0, 0.05) is 19.7 Å². The van der Waals surface area contributed by atoms with E-state index in [-0.39, 0.29) is 11.8 Å². The van der Waals surface area contributed by atoms with Crippen molar-refractivity contribution in [2.45, 2.75) is 24.6 Å². The Hall–Kier alpha value is -0.910. The highest BCUT2D eigenvalue weighted by molar-refractivity contribution is 7.88. The molecule has 1 aliphatic rings. The van der Waals surface area contributed by atoms with Crippen molar-refractivity contribution in [2.75, 3.05) is 20.3 Å². The van der Waals surface area contributed by atoms with Gasteiger partial charge in [0.05, 0.1) is 12.4 Å². The van der Waals surface area contributed by atoms with Crippen LogP contribution >= 0.6 is 0 Å². The van der Waals surface area contributed by atoms with E-state index in [2.05, 4.69) is 0 Å². The van der Waals surface area contributed by atoms with Crippen molar-refractivity contribution in [1.29, 1.82) is 0 Å². The fourth-order valence-corrected chi connectivity index (χ4v) is 4.21. The third-order valence-electron chi connectivity index (χ3n) is 3.23. The van der Waals surface area contributed by atoms with Crippen LogP contribution in [0, 0.1) is 0 Å². The average molecular weight is 269 g/mol. The van der Waals surface area contributed by atoms with Gasteiger partial charge in [-0.05, 0) is 18.4 Å². The van der Waals surface area contributed by atoms with Crippen molar-refractivity contribution >= 4 is 10.0 Å². The maximum atomic E-state index is 12.4. The molecule has 4 nitrogen and oxygen atoms in total. The maximum absolute atomic E-state index is 12.4. The fourth-order valence-electron chi connectivity index (χ4n) is 2.40. The number of methoxy groups -OCH3 is 1. The largest absolute Gasteiger partial charge is 0.383 e. The Labute approximate surface area is 109 Å². The Balaban J connectivity index is 2.11. The summed E-state index contributed by atoms with van der Waals surface area (Å²) in [6.07, 6.45) is 1.81. The molecule has 0 N–H and O–H groups in total. The molecule has 1 aromatic rings. The van der Waals surface area contributed by atoms with Gasteiger partial charge in [0.2, 0.25) is 10.0 Å². The monoisotopic (exact) mass is 269 g/mol. The van der Waals surface area contributed by atoms with Crippen LogP contribution in [-0.4, -0.2) is 39.0 Å². The number of benzene rings is 1. The van der Waals surface area contributed by atoms with Crippen molar-refractivity contribution in [3.63, 3.8) is 0 Å². The SMILES string of the molecule is COC[C@@H]1CCCN1S(=O)(=O)Cc1ccccc1. The van der Waals surface area contributed by atoms with E-state index in [4.69, 9.17) is 4.74 Å². The lowest BCUT2D eigenvalue weighted by atomic mass is 10.2. The molecule has 1 atom stereocenters. The van der Waals surface area contributed by atoms with Crippen LogP contribution in [0.1, 0.15) is 18.4 Å². The second-order valence-electron chi connectivity index (χ2n) is 4.60. The van der Waals surface area contributed by atoms with Crippen molar-refractivity contribution in [2.24, 2.45) is 0 Å². The first-order valence-corrected chi connectivity index (χ1v) is 7.77. The zero-order valence-electron chi connectivity index (χ0n) is 10.6. The molecule has 2 rings (SSSR count). The van der Waals surface area contributed by atoms with E-state index in [9.17, 15) is 8.42 Å². The van der Waals surface area contributed by atoms with Crippen molar-refractivity contribution in [3.8, 4) is 0 Å². The average Bonchev–Trinajstić information content (AvgIpc) is 2.79. The zero-order chi connectivity index (χ0) is 13.0. The number of ether oxygens (including phenoxy) is 1. The van der Waals surface area contributed by atoms with Crippen LogP contribution in [0.15, 0.2) is 30.3 Å². The standard InChI is InChI=1S/C13H19NO3S/c1-17-10-13-8-5-9-14(13)18(15,16)11-12-6-3-2-4-7-12/h2-4,6-7,13H,5,8-11H2,1H3/t13-/m0/s1. The predicted molar refractivity (Wildman–Crippen MR) is 70.7 cm³/mol. The number of hydrogen-bond acceptors (Lipinski definition) is 3. The van der Waals surface area contributed by atoms with Gasteiger partial charge in [-0.25, -0.2) is 8.42 Å². The normalized spacial score (nSPS) is 21.3. The summed E-state index contributed by atoms with van der Waals surface area (Å²) in [5, 5.41) is 0. The second kappa shape index (κ2) is 5.82.